The molecular formula is C23H30ClN3O3. The van der Waals surface area contributed by atoms with Gasteiger partial charge in [0.2, 0.25) is 0 Å². The molecule has 1 amide bonds. The van der Waals surface area contributed by atoms with Crippen LogP contribution in [-0.4, -0.2) is 44.2 Å². The second kappa shape index (κ2) is 11.0. The van der Waals surface area contributed by atoms with Crippen LogP contribution in [0.4, 0.5) is 5.69 Å². The third-order valence-electron chi connectivity index (χ3n) is 4.78. The molecule has 0 spiro atoms. The Hall–Kier alpha value is -2.57. The summed E-state index contributed by atoms with van der Waals surface area (Å²) in [7, 11) is 5.31. The van der Waals surface area contributed by atoms with Crippen molar-refractivity contribution in [2.75, 3.05) is 26.5 Å². The first-order valence-corrected chi connectivity index (χ1v) is 10.3. The maximum absolute atomic E-state index is 13.3. The first-order valence-electron chi connectivity index (χ1n) is 9.89. The summed E-state index contributed by atoms with van der Waals surface area (Å²) in [6, 6.07) is 5.35. The van der Waals surface area contributed by atoms with Gasteiger partial charge in [-0.2, -0.15) is 0 Å². The molecule has 30 heavy (non-hydrogen) atoms. The topological polar surface area (TPSA) is 67.1 Å². The molecule has 162 valence electrons. The summed E-state index contributed by atoms with van der Waals surface area (Å²) in [4.78, 5) is 19.4. The number of aliphatic imine (C=N–C) groups is 1. The number of nitrogens with one attached hydrogen (secondary N) is 1. The zero-order chi connectivity index (χ0) is 22.3. The molecule has 0 saturated heterocycles. The van der Waals surface area contributed by atoms with Crippen molar-refractivity contribution in [2.24, 2.45) is 4.99 Å². The number of ether oxygens (including phenoxy) is 1. The van der Waals surface area contributed by atoms with Crippen LogP contribution in [0.5, 0.6) is 5.75 Å². The summed E-state index contributed by atoms with van der Waals surface area (Å²) in [6.45, 7) is 7.66. The second-order valence-electron chi connectivity index (χ2n) is 7.21. The predicted octanol–water partition coefficient (Wildman–Crippen LogP) is 5.60. The average Bonchev–Trinajstić information content (AvgIpc) is 3.21. The van der Waals surface area contributed by atoms with E-state index in [9.17, 15) is 4.79 Å². The molecule has 2 aromatic rings. The highest BCUT2D eigenvalue weighted by molar-refractivity contribution is 6.22. The van der Waals surface area contributed by atoms with Crippen LogP contribution in [-0.2, 0) is 4.79 Å². The van der Waals surface area contributed by atoms with Crippen LogP contribution in [0.25, 0.3) is 11.0 Å². The number of fused-ring (bicyclic) bond motifs is 1. The highest BCUT2D eigenvalue weighted by Gasteiger charge is 2.22. The molecule has 1 aromatic carbocycles. The van der Waals surface area contributed by atoms with Gasteiger partial charge < -0.3 is 14.5 Å². The molecule has 1 unspecified atom stereocenters. The molecular weight excluding hydrogens is 402 g/mol. The lowest BCUT2D eigenvalue weighted by Gasteiger charge is -2.21. The maximum Gasteiger partial charge on any atom is 0.257 e. The number of halogens is 1. The lowest BCUT2D eigenvalue weighted by molar-refractivity contribution is -0.112. The van der Waals surface area contributed by atoms with Gasteiger partial charge in [0, 0.05) is 17.5 Å². The third-order valence-corrected chi connectivity index (χ3v) is 5.50. The van der Waals surface area contributed by atoms with E-state index in [1.54, 1.807) is 31.6 Å². The van der Waals surface area contributed by atoms with Gasteiger partial charge in [0.05, 0.1) is 30.3 Å². The van der Waals surface area contributed by atoms with E-state index < -0.39 is 5.50 Å². The predicted molar refractivity (Wildman–Crippen MR) is 125 cm³/mol. The molecule has 2 rings (SSSR count). The summed E-state index contributed by atoms with van der Waals surface area (Å²) in [5.41, 5.74) is 2.51. The van der Waals surface area contributed by atoms with Gasteiger partial charge in [-0.3, -0.25) is 14.7 Å². The van der Waals surface area contributed by atoms with Gasteiger partial charge in [-0.15, -0.1) is 11.6 Å². The smallest absolute Gasteiger partial charge is 0.257 e. The average molecular weight is 432 g/mol. The lowest BCUT2D eigenvalue weighted by Crippen LogP contribution is -2.25. The number of methoxy groups -OCH3 is 1. The number of hydrogen-bond donors (Lipinski definition) is 1. The Morgan fingerprint density at radius 2 is 2.17 bits per heavy atom. The summed E-state index contributed by atoms with van der Waals surface area (Å²) in [6.07, 6.45) is 6.21. The fraction of sp³-hybridized carbons (Fsp3) is 0.391. The quantitative estimate of drug-likeness (QED) is 0.133. The van der Waals surface area contributed by atoms with Gasteiger partial charge in [-0.05, 0) is 45.8 Å². The van der Waals surface area contributed by atoms with Gasteiger partial charge in [0.15, 0.2) is 0 Å². The number of carbonyl (C=O) groups excluding carboxylic acids is 1. The number of alkyl halides is 1. The normalized spacial score (nSPS) is 13.9. The fourth-order valence-corrected chi connectivity index (χ4v) is 3.23. The first kappa shape index (κ1) is 23.7. The van der Waals surface area contributed by atoms with Crippen molar-refractivity contribution < 1.29 is 13.9 Å². The maximum atomic E-state index is 13.3. The van der Waals surface area contributed by atoms with Crippen molar-refractivity contribution in [1.82, 2.24) is 4.90 Å². The number of anilines is 1. The van der Waals surface area contributed by atoms with Crippen molar-refractivity contribution in [3.05, 3.63) is 47.4 Å². The molecule has 0 fully saturated rings. The van der Waals surface area contributed by atoms with E-state index in [0.717, 1.165) is 30.2 Å². The number of allylic oxidation sites excluding steroid dienone is 1. The van der Waals surface area contributed by atoms with Gasteiger partial charge in [-0.25, -0.2) is 0 Å². The number of likely N-dealkylation sites (N-methyl/N-ethyl adjacent to an activating group) is 1. The first-order chi connectivity index (χ1) is 14.3. The van der Waals surface area contributed by atoms with E-state index in [0.29, 0.717) is 28.3 Å². The number of hydrogen-bond acceptors (Lipinski definition) is 5. The van der Waals surface area contributed by atoms with Gasteiger partial charge >= 0.3 is 0 Å². The van der Waals surface area contributed by atoms with Crippen molar-refractivity contribution in [2.45, 2.75) is 38.6 Å². The Morgan fingerprint density at radius 3 is 2.77 bits per heavy atom. The van der Waals surface area contributed by atoms with Crippen LogP contribution < -0.4 is 10.1 Å². The van der Waals surface area contributed by atoms with Crippen LogP contribution in [0, 0.1) is 0 Å². The molecule has 7 heteroatoms. The number of furan rings is 1. The van der Waals surface area contributed by atoms with Crippen LogP contribution >= 0.6 is 11.6 Å². The molecule has 1 N–H and O–H groups in total. The monoisotopic (exact) mass is 431 g/mol. The van der Waals surface area contributed by atoms with E-state index in [1.165, 1.54) is 0 Å². The minimum Gasteiger partial charge on any atom is -0.497 e. The Bertz CT molecular complexity index is 960. The van der Waals surface area contributed by atoms with Crippen LogP contribution in [0.3, 0.4) is 0 Å². The van der Waals surface area contributed by atoms with Gasteiger partial charge in [0.1, 0.15) is 16.8 Å². The zero-order valence-electron chi connectivity index (χ0n) is 18.3. The van der Waals surface area contributed by atoms with E-state index in [1.807, 2.05) is 32.0 Å². The molecule has 0 aliphatic carbocycles. The van der Waals surface area contributed by atoms with Crippen molar-refractivity contribution in [1.29, 1.82) is 0 Å². The summed E-state index contributed by atoms with van der Waals surface area (Å²) < 4.78 is 10.8. The molecule has 6 nitrogen and oxygen atoms in total. The standard InChI is InChI=1S/C23H30ClN3O3/c1-7-8-9-10-18(21(25-3)15(2)22(24)27(4)5)23(28)26-19-13-16(29-6)14-20-17(19)11-12-30-20/h10-14,22H,3,7-9H2,1-2,4-6H3,(H,26,28)/b18-10+,21-15-. The van der Waals surface area contributed by atoms with E-state index >= 15 is 0 Å². The molecule has 0 radical (unpaired) electrons. The minimum absolute atomic E-state index is 0.286. The lowest BCUT2D eigenvalue weighted by atomic mass is 10.0. The minimum atomic E-state index is -0.412. The molecule has 0 bridgehead atoms. The molecule has 1 atom stereocenters. The van der Waals surface area contributed by atoms with E-state index in [-0.39, 0.29) is 5.91 Å². The van der Waals surface area contributed by atoms with Crippen LogP contribution in [0.15, 0.2) is 56.8 Å². The van der Waals surface area contributed by atoms with Crippen LogP contribution in [0.2, 0.25) is 0 Å². The summed E-state index contributed by atoms with van der Waals surface area (Å²) in [5, 5.41) is 3.77. The van der Waals surface area contributed by atoms with Crippen LogP contribution in [0.1, 0.15) is 33.1 Å². The number of unbranched alkanes of at least 4 members (excludes halogenated alkanes) is 2. The Kier molecular flexibility index (Phi) is 8.69. The third kappa shape index (κ3) is 5.52. The zero-order valence-corrected chi connectivity index (χ0v) is 19.0. The van der Waals surface area contributed by atoms with E-state index in [4.69, 9.17) is 20.8 Å². The van der Waals surface area contributed by atoms with E-state index in [2.05, 4.69) is 24.0 Å². The highest BCUT2D eigenvalue weighted by Crippen LogP contribution is 2.31. The van der Waals surface area contributed by atoms with Gasteiger partial charge in [0.25, 0.3) is 5.91 Å². The van der Waals surface area contributed by atoms with Gasteiger partial charge in [-0.1, -0.05) is 25.8 Å². The number of benzene rings is 1. The SMILES string of the molecule is C=NC(=C(/C)C(Cl)N(C)C)/C(=C\CCCC)C(=O)Nc1cc(OC)cc2occc12. The Balaban J connectivity index is 2.48. The second-order valence-corrected chi connectivity index (χ2v) is 7.62. The van der Waals surface area contributed by atoms with Crippen molar-refractivity contribution >= 4 is 40.9 Å². The molecule has 1 heterocycles. The van der Waals surface area contributed by atoms with Crippen molar-refractivity contribution in [3.63, 3.8) is 0 Å². The molecule has 0 aliphatic rings. The largest absolute Gasteiger partial charge is 0.497 e. The molecule has 1 aromatic heterocycles. The number of rotatable bonds is 10. The fourth-order valence-electron chi connectivity index (χ4n) is 3.13. The molecule has 0 saturated carbocycles. The molecule has 0 aliphatic heterocycles. The number of nitrogens with zero attached hydrogens (tertiary/aromatic N) is 2. The van der Waals surface area contributed by atoms with Crippen molar-refractivity contribution in [3.8, 4) is 5.75 Å². The Morgan fingerprint density at radius 1 is 1.43 bits per heavy atom. The Labute approximate surface area is 183 Å². The summed E-state index contributed by atoms with van der Waals surface area (Å²) in [5.74, 6) is 0.303. The number of carbonyl (C=O) groups is 1. The highest BCUT2D eigenvalue weighted by atomic mass is 35.5. The summed E-state index contributed by atoms with van der Waals surface area (Å²) >= 11 is 6.51. The number of amides is 1.